The average Bonchev–Trinajstić information content (AvgIpc) is 2.40. The minimum Gasteiger partial charge on any atom is -0.348 e. The van der Waals surface area contributed by atoms with E-state index in [1.54, 1.807) is 24.3 Å². The maximum Gasteiger partial charge on any atom is 0.237 e. The van der Waals surface area contributed by atoms with Gasteiger partial charge in [0, 0.05) is 0 Å². The molecule has 1 aliphatic rings. The normalized spacial score (nSPS) is 22.2. The molecule has 1 amide bonds. The molecule has 1 aromatic rings. The number of hydrogen-bond donors (Lipinski definition) is 2. The van der Waals surface area contributed by atoms with Crippen molar-refractivity contribution in [3.8, 4) is 0 Å². The van der Waals surface area contributed by atoms with Gasteiger partial charge in [-0.3, -0.25) is 4.79 Å². The van der Waals surface area contributed by atoms with E-state index < -0.39 is 15.9 Å². The van der Waals surface area contributed by atoms with Crippen LogP contribution in [0, 0.1) is 5.41 Å². The summed E-state index contributed by atoms with van der Waals surface area (Å²) in [5, 5.41) is 2.89. The van der Waals surface area contributed by atoms with Crippen molar-refractivity contribution in [3.05, 3.63) is 29.8 Å². The number of hydrogen-bond acceptors (Lipinski definition) is 4. The largest absolute Gasteiger partial charge is 0.348 e. The molecule has 2 atom stereocenters. The van der Waals surface area contributed by atoms with Crippen molar-refractivity contribution >= 4 is 15.7 Å². The summed E-state index contributed by atoms with van der Waals surface area (Å²) in [5.74, 6) is -0.207. The Balaban J connectivity index is 2.26. The lowest BCUT2D eigenvalue weighted by Gasteiger charge is -2.31. The van der Waals surface area contributed by atoms with Crippen molar-refractivity contribution in [2.24, 2.45) is 11.1 Å². The van der Waals surface area contributed by atoms with Gasteiger partial charge in [0.2, 0.25) is 5.91 Å². The number of carbonyl (C=O) groups excluding carboxylic acids is 1. The minimum absolute atomic E-state index is 0.0414. The molecule has 0 aromatic heterocycles. The van der Waals surface area contributed by atoms with Gasteiger partial charge in [-0.15, -0.1) is 0 Å². The highest BCUT2D eigenvalue weighted by molar-refractivity contribution is 7.91. The van der Waals surface area contributed by atoms with E-state index >= 15 is 0 Å². The van der Waals surface area contributed by atoms with Crippen molar-refractivity contribution in [2.45, 2.75) is 44.2 Å². The third-order valence-electron chi connectivity index (χ3n) is 3.84. The smallest absolute Gasteiger partial charge is 0.237 e. The third-order valence-corrected chi connectivity index (χ3v) is 5.65. The Hall–Kier alpha value is -1.40. The van der Waals surface area contributed by atoms with Crippen LogP contribution in [-0.2, 0) is 14.6 Å². The van der Waals surface area contributed by atoms with Crippen molar-refractivity contribution in [3.63, 3.8) is 0 Å². The fraction of sp³-hybridized carbons (Fsp3) is 0.533. The molecule has 0 radical (unpaired) electrons. The van der Waals surface area contributed by atoms with Crippen LogP contribution in [0.1, 0.15) is 38.8 Å². The average molecular weight is 310 g/mol. The number of sulfone groups is 1. The summed E-state index contributed by atoms with van der Waals surface area (Å²) in [7, 11) is -3.24. The summed E-state index contributed by atoms with van der Waals surface area (Å²) in [4.78, 5) is 12.6. The molecule has 6 heteroatoms. The van der Waals surface area contributed by atoms with Gasteiger partial charge >= 0.3 is 0 Å². The van der Waals surface area contributed by atoms with E-state index in [1.165, 1.54) is 0 Å². The summed E-state index contributed by atoms with van der Waals surface area (Å²) < 4.78 is 24.1. The van der Waals surface area contributed by atoms with E-state index in [0.29, 0.717) is 16.9 Å². The Morgan fingerprint density at radius 2 is 1.95 bits per heavy atom. The monoisotopic (exact) mass is 310 g/mol. The number of rotatable bonds is 2. The second-order valence-corrected chi connectivity index (χ2v) is 8.63. The zero-order valence-electron chi connectivity index (χ0n) is 12.6. The second-order valence-electron chi connectivity index (χ2n) is 6.55. The highest BCUT2D eigenvalue weighted by Gasteiger charge is 2.34. The fourth-order valence-electron chi connectivity index (χ4n) is 2.39. The molecular formula is C15H22N2O3S. The first kappa shape index (κ1) is 16.0. The number of nitrogens with one attached hydrogen (secondary N) is 1. The SMILES string of the molecule is CC(C)(C)[C@H](N)C(=O)NC1CCS(=O)(=O)c2ccccc21. The molecule has 116 valence electrons. The van der Waals surface area contributed by atoms with Crippen molar-refractivity contribution < 1.29 is 13.2 Å². The standard InChI is InChI=1S/C15H22N2O3S/c1-15(2,3)13(16)14(18)17-11-8-9-21(19,20)12-7-5-4-6-10(11)12/h4-7,11,13H,8-9,16H2,1-3H3,(H,17,18)/t11?,13-/m1/s1. The molecule has 5 nitrogen and oxygen atoms in total. The van der Waals surface area contributed by atoms with Crippen LogP contribution in [0.5, 0.6) is 0 Å². The molecule has 1 heterocycles. The lowest BCUT2D eigenvalue weighted by molar-refractivity contribution is -0.125. The zero-order valence-corrected chi connectivity index (χ0v) is 13.4. The van der Waals surface area contributed by atoms with Gasteiger partial charge in [-0.2, -0.15) is 0 Å². The number of benzene rings is 1. The Labute approximate surface area is 125 Å². The molecule has 0 bridgehead atoms. The van der Waals surface area contributed by atoms with Crippen LogP contribution in [-0.4, -0.2) is 26.1 Å². The van der Waals surface area contributed by atoms with E-state index in [9.17, 15) is 13.2 Å². The van der Waals surface area contributed by atoms with Gasteiger partial charge in [0.15, 0.2) is 9.84 Å². The molecule has 21 heavy (non-hydrogen) atoms. The van der Waals surface area contributed by atoms with Crippen LogP contribution in [0.2, 0.25) is 0 Å². The van der Waals surface area contributed by atoms with Crippen LogP contribution in [0.3, 0.4) is 0 Å². The summed E-state index contributed by atoms with van der Waals surface area (Å²) in [5.41, 5.74) is 6.26. The molecule has 1 unspecified atom stereocenters. The third kappa shape index (κ3) is 3.27. The maximum absolute atomic E-state index is 12.2. The lowest BCUT2D eigenvalue weighted by Crippen LogP contribution is -2.50. The van der Waals surface area contributed by atoms with E-state index in [0.717, 1.165) is 0 Å². The summed E-state index contributed by atoms with van der Waals surface area (Å²) in [6.45, 7) is 5.70. The van der Waals surface area contributed by atoms with Gasteiger partial charge < -0.3 is 11.1 Å². The topological polar surface area (TPSA) is 89.3 Å². The van der Waals surface area contributed by atoms with Crippen LogP contribution >= 0.6 is 0 Å². The Kier molecular flexibility index (Phi) is 4.13. The van der Waals surface area contributed by atoms with E-state index in [4.69, 9.17) is 5.73 Å². The van der Waals surface area contributed by atoms with Crippen LogP contribution in [0.4, 0.5) is 0 Å². The predicted molar refractivity (Wildman–Crippen MR) is 81.4 cm³/mol. The summed E-state index contributed by atoms with van der Waals surface area (Å²) in [6.07, 6.45) is 0.377. The first-order valence-electron chi connectivity index (χ1n) is 7.00. The molecule has 1 aliphatic heterocycles. The first-order chi connectivity index (χ1) is 9.63. The molecule has 1 aromatic carbocycles. The van der Waals surface area contributed by atoms with Gasteiger partial charge in [0.25, 0.3) is 0 Å². The second kappa shape index (κ2) is 5.42. The van der Waals surface area contributed by atoms with Gasteiger partial charge in [0.1, 0.15) is 0 Å². The molecule has 2 rings (SSSR count). The minimum atomic E-state index is -3.24. The fourth-order valence-corrected chi connectivity index (χ4v) is 4.02. The van der Waals surface area contributed by atoms with Crippen molar-refractivity contribution in [1.82, 2.24) is 5.32 Å². The Morgan fingerprint density at radius 1 is 1.33 bits per heavy atom. The molecule has 3 N–H and O–H groups in total. The molecule has 0 fully saturated rings. The maximum atomic E-state index is 12.2. The molecule has 0 saturated carbocycles. The Bertz CT molecular complexity index is 647. The van der Waals surface area contributed by atoms with Gasteiger partial charge in [-0.05, 0) is 23.5 Å². The predicted octanol–water partition coefficient (Wildman–Crippen LogP) is 1.39. The van der Waals surface area contributed by atoms with Gasteiger partial charge in [-0.1, -0.05) is 39.0 Å². The number of carbonyl (C=O) groups is 1. The number of amides is 1. The highest BCUT2D eigenvalue weighted by Crippen LogP contribution is 2.32. The number of fused-ring (bicyclic) bond motifs is 1. The van der Waals surface area contributed by atoms with E-state index in [-0.39, 0.29) is 23.1 Å². The zero-order chi connectivity index (χ0) is 15.8. The summed E-state index contributed by atoms with van der Waals surface area (Å²) >= 11 is 0. The molecule has 0 aliphatic carbocycles. The van der Waals surface area contributed by atoms with Crippen molar-refractivity contribution in [1.29, 1.82) is 0 Å². The summed E-state index contributed by atoms with van der Waals surface area (Å²) in [6, 6.07) is 5.88. The molecular weight excluding hydrogens is 288 g/mol. The van der Waals surface area contributed by atoms with Crippen molar-refractivity contribution in [2.75, 3.05) is 5.75 Å². The first-order valence-corrected chi connectivity index (χ1v) is 8.66. The molecule has 0 saturated heterocycles. The number of nitrogens with two attached hydrogens (primary N) is 1. The van der Waals surface area contributed by atoms with E-state index in [1.807, 2.05) is 20.8 Å². The van der Waals surface area contributed by atoms with E-state index in [2.05, 4.69) is 5.32 Å². The van der Waals surface area contributed by atoms with Crippen LogP contribution < -0.4 is 11.1 Å². The Morgan fingerprint density at radius 3 is 2.57 bits per heavy atom. The van der Waals surface area contributed by atoms with Gasteiger partial charge in [-0.25, -0.2) is 8.42 Å². The molecule has 0 spiro atoms. The van der Waals surface area contributed by atoms with Gasteiger partial charge in [0.05, 0.1) is 22.7 Å². The van der Waals surface area contributed by atoms with Crippen LogP contribution in [0.15, 0.2) is 29.2 Å². The highest BCUT2D eigenvalue weighted by atomic mass is 32.2. The lowest BCUT2D eigenvalue weighted by atomic mass is 9.86. The quantitative estimate of drug-likeness (QED) is 0.864. The van der Waals surface area contributed by atoms with Crippen LogP contribution in [0.25, 0.3) is 0 Å².